The van der Waals surface area contributed by atoms with E-state index in [1.54, 1.807) is 0 Å². The lowest BCUT2D eigenvalue weighted by Crippen LogP contribution is -3.00. The van der Waals surface area contributed by atoms with Crippen LogP contribution in [-0.2, 0) is 19.7 Å². The van der Waals surface area contributed by atoms with E-state index in [1.165, 1.54) is 38.6 Å². The summed E-state index contributed by atoms with van der Waals surface area (Å²) < 4.78 is 11.0. The molecule has 0 aliphatic rings. The number of fused-ring (bicyclic) bond motifs is 3. The minimum atomic E-state index is 0. The minimum Gasteiger partial charge on any atom is -1.00 e. The second kappa shape index (κ2) is 10.4. The van der Waals surface area contributed by atoms with Gasteiger partial charge in [0.05, 0.1) is 5.52 Å². The molecule has 0 aliphatic heterocycles. The van der Waals surface area contributed by atoms with Crippen molar-refractivity contribution in [3.05, 3.63) is 108 Å². The lowest BCUT2D eigenvalue weighted by molar-refractivity contribution is -0.693. The number of hydrogen-bond donors (Lipinski definition) is 0. The summed E-state index contributed by atoms with van der Waals surface area (Å²) in [6, 6.07) is 29.8. The van der Waals surface area contributed by atoms with Gasteiger partial charge in [0.15, 0.2) is 12.7 Å². The van der Waals surface area contributed by atoms with Gasteiger partial charge in [0.1, 0.15) is 17.9 Å². The summed E-state index contributed by atoms with van der Waals surface area (Å²) in [6.45, 7) is 9.23. The smallest absolute Gasteiger partial charge is 0.203 e. The molecular weight excluding hydrogens is 484 g/mol. The normalized spacial score (nSPS) is 11.2. The predicted molar refractivity (Wildman–Crippen MR) is 136 cm³/mol. The van der Waals surface area contributed by atoms with Crippen molar-refractivity contribution in [2.24, 2.45) is 5.92 Å². The zero-order valence-corrected chi connectivity index (χ0v) is 21.6. The van der Waals surface area contributed by atoms with Gasteiger partial charge in [0, 0.05) is 41.9 Å². The van der Waals surface area contributed by atoms with E-state index in [2.05, 4.69) is 115 Å². The van der Waals surface area contributed by atoms with Crippen molar-refractivity contribution in [3.8, 4) is 5.75 Å². The molecule has 3 nitrogen and oxygen atoms in total. The maximum absolute atomic E-state index is 6.17. The molecule has 2 aromatic heterocycles. The van der Waals surface area contributed by atoms with E-state index in [0.717, 1.165) is 18.8 Å². The van der Waals surface area contributed by atoms with Crippen LogP contribution >= 0.6 is 0 Å². The molecule has 0 bridgehead atoms. The van der Waals surface area contributed by atoms with Gasteiger partial charge in [-0.05, 0) is 23.6 Å². The first-order valence-electron chi connectivity index (χ1n) is 11.8. The Morgan fingerprint density at radius 3 is 2.18 bits per heavy atom. The Morgan fingerprint density at radius 1 is 0.824 bits per heavy atom. The molecule has 0 unspecified atom stereocenters. The molecule has 0 saturated carbocycles. The van der Waals surface area contributed by atoms with Crippen molar-refractivity contribution in [1.82, 2.24) is 4.57 Å². The number of rotatable bonds is 7. The van der Waals surface area contributed by atoms with E-state index in [0.29, 0.717) is 12.5 Å². The van der Waals surface area contributed by atoms with Crippen LogP contribution in [0.1, 0.15) is 30.7 Å². The van der Waals surface area contributed by atoms with Gasteiger partial charge in [-0.15, -0.1) is 0 Å². The van der Waals surface area contributed by atoms with Crippen molar-refractivity contribution < 1.29 is 26.3 Å². The highest BCUT2D eigenvalue weighted by Gasteiger charge is 2.20. The van der Waals surface area contributed by atoms with Gasteiger partial charge in [0.2, 0.25) is 5.69 Å². The molecule has 5 rings (SSSR count). The first kappa shape index (κ1) is 24.0. The Morgan fingerprint density at radius 2 is 1.50 bits per heavy atom. The third-order valence-corrected chi connectivity index (χ3v) is 6.26. The monoisotopic (exact) mass is 514 g/mol. The van der Waals surface area contributed by atoms with Crippen LogP contribution in [0.4, 0.5) is 0 Å². The van der Waals surface area contributed by atoms with Gasteiger partial charge < -0.3 is 26.3 Å². The zero-order chi connectivity index (χ0) is 22.8. The average Bonchev–Trinajstić information content (AvgIpc) is 3.14. The number of ether oxygens (including phenoxy) is 1. The van der Waals surface area contributed by atoms with Crippen LogP contribution in [0.5, 0.6) is 5.75 Å². The van der Waals surface area contributed by atoms with Crippen LogP contribution in [0, 0.1) is 12.8 Å². The summed E-state index contributed by atoms with van der Waals surface area (Å²) in [7, 11) is 0. The fourth-order valence-electron chi connectivity index (χ4n) is 4.66. The van der Waals surface area contributed by atoms with E-state index >= 15 is 0 Å². The molecule has 174 valence electrons. The summed E-state index contributed by atoms with van der Waals surface area (Å²) >= 11 is 0. The van der Waals surface area contributed by atoms with E-state index in [4.69, 9.17) is 4.74 Å². The molecule has 0 radical (unpaired) electrons. The maximum atomic E-state index is 6.17. The van der Waals surface area contributed by atoms with Gasteiger partial charge in [-0.2, -0.15) is 4.57 Å². The molecule has 0 spiro atoms. The van der Waals surface area contributed by atoms with Gasteiger partial charge in [-0.1, -0.05) is 74.5 Å². The van der Waals surface area contributed by atoms with Crippen molar-refractivity contribution in [2.75, 3.05) is 0 Å². The number of nitrogens with zero attached hydrogens (tertiary/aromatic N) is 2. The topological polar surface area (TPSA) is 18.0 Å². The predicted octanol–water partition coefficient (Wildman–Crippen LogP) is 3.68. The summed E-state index contributed by atoms with van der Waals surface area (Å²) in [5.74, 6) is 1.45. The first-order valence-corrected chi connectivity index (χ1v) is 11.8. The summed E-state index contributed by atoms with van der Waals surface area (Å²) in [5.41, 5.74) is 6.34. The Bertz CT molecular complexity index is 1390. The second-order valence-corrected chi connectivity index (χ2v) is 9.23. The van der Waals surface area contributed by atoms with Crippen LogP contribution in [-0.4, -0.2) is 4.57 Å². The van der Waals surface area contributed by atoms with Crippen molar-refractivity contribution >= 4 is 21.8 Å². The van der Waals surface area contributed by atoms with E-state index in [-0.39, 0.29) is 17.0 Å². The number of benzene rings is 3. The molecule has 2 heterocycles. The Hall–Kier alpha value is -3.11. The van der Waals surface area contributed by atoms with Crippen LogP contribution < -0.4 is 26.3 Å². The van der Waals surface area contributed by atoms with Gasteiger partial charge >= 0.3 is 0 Å². The summed E-state index contributed by atoms with van der Waals surface area (Å²) in [5, 5.41) is 2.59. The van der Waals surface area contributed by atoms with Gasteiger partial charge in [0.25, 0.3) is 0 Å². The highest BCUT2D eigenvalue weighted by Crippen LogP contribution is 2.33. The molecule has 5 aromatic rings. The Kier molecular flexibility index (Phi) is 7.38. The molecule has 34 heavy (non-hydrogen) atoms. The number of aryl methyl sites for hydroxylation is 1. The molecule has 0 N–H and O–H groups in total. The van der Waals surface area contributed by atoms with Crippen LogP contribution in [0.15, 0.2) is 91.1 Å². The lowest BCUT2D eigenvalue weighted by atomic mass is 10.1. The lowest BCUT2D eigenvalue weighted by Gasteiger charge is -2.12. The highest BCUT2D eigenvalue weighted by molar-refractivity contribution is 6.08. The Balaban J connectivity index is 0.00000274. The second-order valence-electron chi connectivity index (χ2n) is 9.23. The van der Waals surface area contributed by atoms with E-state index < -0.39 is 0 Å². The molecule has 4 heteroatoms. The Labute approximate surface area is 212 Å². The van der Waals surface area contributed by atoms with Gasteiger partial charge in [-0.25, -0.2) is 0 Å². The first-order chi connectivity index (χ1) is 16.1. The van der Waals surface area contributed by atoms with Crippen molar-refractivity contribution in [3.63, 3.8) is 0 Å². The average molecular weight is 515 g/mol. The standard InChI is InChI=1S/C30H31N2O.BrH/c1-22(2)19-32-29-18-26(33-21-25-12-8-5-9-13-25)14-15-27(29)28-16-17-31(23(3)30(28)32)20-24-10-6-4-7-11-24;/h4-18,22H,19-21H2,1-3H3;1H/q+1;/p-1. The van der Waals surface area contributed by atoms with E-state index in [9.17, 15) is 0 Å². The van der Waals surface area contributed by atoms with Crippen LogP contribution in [0.3, 0.4) is 0 Å². The fraction of sp³-hybridized carbons (Fsp3) is 0.233. The van der Waals surface area contributed by atoms with E-state index in [1.807, 2.05) is 6.07 Å². The summed E-state index contributed by atoms with van der Waals surface area (Å²) in [4.78, 5) is 0. The molecule has 0 atom stereocenters. The molecule has 0 fully saturated rings. The maximum Gasteiger partial charge on any atom is 0.203 e. The van der Waals surface area contributed by atoms with Crippen molar-refractivity contribution in [2.45, 2.75) is 40.5 Å². The molecule has 0 amide bonds. The molecule has 3 aromatic carbocycles. The van der Waals surface area contributed by atoms with Crippen LogP contribution in [0.2, 0.25) is 0 Å². The highest BCUT2D eigenvalue weighted by atomic mass is 79.9. The van der Waals surface area contributed by atoms with Crippen molar-refractivity contribution in [1.29, 1.82) is 0 Å². The minimum absolute atomic E-state index is 0. The number of halogens is 1. The largest absolute Gasteiger partial charge is 1.00 e. The molecular formula is C30H31BrN2O. The quantitative estimate of drug-likeness (QED) is 0.303. The number of hydrogen-bond acceptors (Lipinski definition) is 1. The fourth-order valence-corrected chi connectivity index (χ4v) is 4.66. The third-order valence-electron chi connectivity index (χ3n) is 6.26. The SMILES string of the molecule is Cc1c2c(cc[n+]1Cc1ccccc1)c1ccc(OCc3ccccc3)cc1n2CC(C)C.[Br-]. The number of pyridine rings is 1. The molecule has 0 aliphatic carbocycles. The molecule has 0 saturated heterocycles. The van der Waals surface area contributed by atoms with Gasteiger partial charge in [-0.3, -0.25) is 0 Å². The third kappa shape index (κ3) is 4.88. The van der Waals surface area contributed by atoms with Crippen LogP contribution in [0.25, 0.3) is 21.8 Å². The summed E-state index contributed by atoms with van der Waals surface area (Å²) in [6.07, 6.45) is 2.23. The zero-order valence-electron chi connectivity index (χ0n) is 20.0. The number of aromatic nitrogens is 2.